The second-order valence-electron chi connectivity index (χ2n) is 7.84. The van der Waals surface area contributed by atoms with Gasteiger partial charge >= 0.3 is 0 Å². The van der Waals surface area contributed by atoms with E-state index in [0.29, 0.717) is 13.2 Å². The molecule has 0 saturated carbocycles. The third-order valence-electron chi connectivity index (χ3n) is 5.57. The summed E-state index contributed by atoms with van der Waals surface area (Å²) in [5.74, 6) is 1.10. The first-order valence-electron chi connectivity index (χ1n) is 9.12. The summed E-state index contributed by atoms with van der Waals surface area (Å²) in [5, 5.41) is 0. The van der Waals surface area contributed by atoms with Gasteiger partial charge in [0.25, 0.3) is 0 Å². The lowest BCUT2D eigenvalue weighted by molar-refractivity contribution is -0.0471. The third kappa shape index (κ3) is 2.70. The molecule has 26 heavy (non-hydrogen) atoms. The maximum Gasteiger partial charge on any atom is 0.187 e. The first-order chi connectivity index (χ1) is 12.3. The number of fused-ring (bicyclic) bond motifs is 1. The SMILES string of the molecule is Cc1ccc(C2c3c(C)c(Br)c(C)c(C4OCCO4)c3OC2(C)C)cc1. The molecule has 1 saturated heterocycles. The van der Waals surface area contributed by atoms with Gasteiger partial charge in [0.2, 0.25) is 0 Å². The molecular formula is C22H25BrO3. The molecular weight excluding hydrogens is 392 g/mol. The lowest BCUT2D eigenvalue weighted by Crippen LogP contribution is -2.31. The average molecular weight is 417 g/mol. The van der Waals surface area contributed by atoms with Crippen LogP contribution in [-0.4, -0.2) is 18.8 Å². The first kappa shape index (κ1) is 18.0. The lowest BCUT2D eigenvalue weighted by atomic mass is 9.78. The van der Waals surface area contributed by atoms with Crippen LogP contribution < -0.4 is 4.74 Å². The van der Waals surface area contributed by atoms with Gasteiger partial charge in [-0.3, -0.25) is 0 Å². The van der Waals surface area contributed by atoms with E-state index in [-0.39, 0.29) is 17.8 Å². The molecule has 0 spiro atoms. The van der Waals surface area contributed by atoms with Crippen LogP contribution in [0.15, 0.2) is 28.7 Å². The van der Waals surface area contributed by atoms with Crippen molar-refractivity contribution in [2.24, 2.45) is 0 Å². The summed E-state index contributed by atoms with van der Waals surface area (Å²) in [6.45, 7) is 12.0. The minimum atomic E-state index is -0.354. The number of benzene rings is 2. The minimum absolute atomic E-state index is 0.162. The van der Waals surface area contributed by atoms with Crippen LogP contribution in [0, 0.1) is 20.8 Å². The lowest BCUT2D eigenvalue weighted by Gasteiger charge is -2.27. The third-order valence-corrected chi connectivity index (χ3v) is 6.76. The van der Waals surface area contributed by atoms with Gasteiger partial charge in [-0.1, -0.05) is 45.8 Å². The van der Waals surface area contributed by atoms with Crippen molar-refractivity contribution < 1.29 is 14.2 Å². The number of ether oxygens (including phenoxy) is 3. The normalized spacial score (nSPS) is 21.7. The Kier molecular flexibility index (Phi) is 4.41. The van der Waals surface area contributed by atoms with Crippen LogP contribution in [0.5, 0.6) is 5.75 Å². The largest absolute Gasteiger partial charge is 0.486 e. The van der Waals surface area contributed by atoms with Gasteiger partial charge < -0.3 is 14.2 Å². The molecule has 0 amide bonds. The van der Waals surface area contributed by atoms with Crippen molar-refractivity contribution in [1.82, 2.24) is 0 Å². The summed E-state index contributed by atoms with van der Waals surface area (Å²) < 4.78 is 19.4. The Labute approximate surface area is 163 Å². The maximum atomic E-state index is 6.57. The highest BCUT2D eigenvalue weighted by Gasteiger charge is 2.46. The molecule has 1 unspecified atom stereocenters. The monoisotopic (exact) mass is 416 g/mol. The predicted octanol–water partition coefficient (Wildman–Crippen LogP) is 5.72. The van der Waals surface area contributed by atoms with Gasteiger partial charge in [-0.05, 0) is 51.3 Å². The van der Waals surface area contributed by atoms with Crippen molar-refractivity contribution in [2.75, 3.05) is 13.2 Å². The number of hydrogen-bond acceptors (Lipinski definition) is 3. The zero-order valence-corrected chi connectivity index (χ0v) is 17.6. The zero-order valence-electron chi connectivity index (χ0n) is 16.0. The standard InChI is InChI=1S/C22H25BrO3/c1-12-6-8-15(9-7-12)18-16-13(2)19(23)14(3)17(21-24-10-11-25-21)20(16)26-22(18,4)5/h6-9,18,21H,10-11H2,1-5H3. The molecule has 4 heteroatoms. The highest BCUT2D eigenvalue weighted by molar-refractivity contribution is 9.10. The Bertz CT molecular complexity index is 849. The van der Waals surface area contributed by atoms with Crippen LogP contribution in [-0.2, 0) is 9.47 Å². The summed E-state index contributed by atoms with van der Waals surface area (Å²) in [5.41, 5.74) is 6.83. The fraction of sp³-hybridized carbons (Fsp3) is 0.455. The quantitative estimate of drug-likeness (QED) is 0.625. The van der Waals surface area contributed by atoms with Crippen LogP contribution in [0.2, 0.25) is 0 Å². The smallest absolute Gasteiger partial charge is 0.187 e. The second-order valence-corrected chi connectivity index (χ2v) is 8.64. The molecule has 3 nitrogen and oxygen atoms in total. The highest BCUT2D eigenvalue weighted by Crippen LogP contribution is 2.55. The minimum Gasteiger partial charge on any atom is -0.486 e. The van der Waals surface area contributed by atoms with Crippen LogP contribution in [0.25, 0.3) is 0 Å². The molecule has 1 atom stereocenters. The summed E-state index contributed by atoms with van der Waals surface area (Å²) in [4.78, 5) is 0. The van der Waals surface area contributed by atoms with Crippen molar-refractivity contribution in [2.45, 2.75) is 52.4 Å². The van der Waals surface area contributed by atoms with Gasteiger partial charge in [0.15, 0.2) is 6.29 Å². The predicted molar refractivity (Wildman–Crippen MR) is 106 cm³/mol. The van der Waals surface area contributed by atoms with Crippen molar-refractivity contribution >= 4 is 15.9 Å². The van der Waals surface area contributed by atoms with E-state index in [0.717, 1.165) is 21.3 Å². The van der Waals surface area contributed by atoms with Gasteiger partial charge in [0.1, 0.15) is 11.4 Å². The topological polar surface area (TPSA) is 27.7 Å². The molecule has 0 bridgehead atoms. The molecule has 0 aromatic heterocycles. The van der Waals surface area contributed by atoms with Gasteiger partial charge in [0.05, 0.1) is 24.7 Å². The summed E-state index contributed by atoms with van der Waals surface area (Å²) in [7, 11) is 0. The molecule has 2 aromatic rings. The summed E-state index contributed by atoms with van der Waals surface area (Å²) in [6, 6.07) is 8.78. The van der Waals surface area contributed by atoms with Crippen LogP contribution in [0.3, 0.4) is 0 Å². The second kappa shape index (κ2) is 6.36. The number of rotatable bonds is 2. The van der Waals surface area contributed by atoms with Gasteiger partial charge in [0, 0.05) is 10.0 Å². The van der Waals surface area contributed by atoms with E-state index >= 15 is 0 Å². The van der Waals surface area contributed by atoms with E-state index < -0.39 is 0 Å². The molecule has 2 aliphatic rings. The van der Waals surface area contributed by atoms with Crippen LogP contribution in [0.1, 0.15) is 59.4 Å². The molecule has 1 fully saturated rings. The van der Waals surface area contributed by atoms with E-state index in [4.69, 9.17) is 14.2 Å². The molecule has 4 rings (SSSR count). The molecule has 0 N–H and O–H groups in total. The highest BCUT2D eigenvalue weighted by atomic mass is 79.9. The van der Waals surface area contributed by atoms with E-state index in [1.807, 2.05) is 0 Å². The van der Waals surface area contributed by atoms with Gasteiger partial charge in [-0.15, -0.1) is 0 Å². The fourth-order valence-corrected chi connectivity index (χ4v) is 4.69. The Morgan fingerprint density at radius 1 is 0.923 bits per heavy atom. The molecule has 2 aliphatic heterocycles. The Morgan fingerprint density at radius 2 is 1.50 bits per heavy atom. The Balaban J connectivity index is 1.96. The Hall–Kier alpha value is -1.36. The molecule has 0 radical (unpaired) electrons. The van der Waals surface area contributed by atoms with E-state index in [9.17, 15) is 0 Å². The van der Waals surface area contributed by atoms with Crippen molar-refractivity contribution in [3.63, 3.8) is 0 Å². The maximum absolute atomic E-state index is 6.57. The summed E-state index contributed by atoms with van der Waals surface area (Å²) in [6.07, 6.45) is -0.354. The Morgan fingerprint density at radius 3 is 2.12 bits per heavy atom. The van der Waals surface area contributed by atoms with Crippen molar-refractivity contribution in [3.8, 4) is 5.75 Å². The number of halogens is 1. The average Bonchev–Trinajstić information content (AvgIpc) is 3.20. The van der Waals surface area contributed by atoms with Gasteiger partial charge in [-0.2, -0.15) is 0 Å². The molecule has 0 aliphatic carbocycles. The zero-order chi connectivity index (χ0) is 18.6. The van der Waals surface area contributed by atoms with E-state index in [2.05, 4.69) is 74.8 Å². The molecule has 2 aromatic carbocycles. The van der Waals surface area contributed by atoms with E-state index in [1.54, 1.807) is 0 Å². The van der Waals surface area contributed by atoms with Crippen LogP contribution >= 0.6 is 15.9 Å². The molecule has 2 heterocycles. The number of aryl methyl sites for hydroxylation is 1. The first-order valence-corrected chi connectivity index (χ1v) is 9.92. The van der Waals surface area contributed by atoms with Crippen molar-refractivity contribution in [3.05, 3.63) is 62.1 Å². The fourth-order valence-electron chi connectivity index (χ4n) is 4.27. The van der Waals surface area contributed by atoms with Crippen molar-refractivity contribution in [1.29, 1.82) is 0 Å². The molecule has 138 valence electrons. The number of hydrogen-bond donors (Lipinski definition) is 0. The summed E-state index contributed by atoms with van der Waals surface area (Å²) >= 11 is 3.81. The van der Waals surface area contributed by atoms with E-state index in [1.165, 1.54) is 22.3 Å². The van der Waals surface area contributed by atoms with Gasteiger partial charge in [-0.25, -0.2) is 0 Å². The van der Waals surface area contributed by atoms with Crippen LogP contribution in [0.4, 0.5) is 0 Å².